The first-order valence-electron chi connectivity index (χ1n) is 7.49. The molecule has 0 aliphatic carbocycles. The molecule has 0 atom stereocenters. The molecule has 3 rings (SSSR count). The molecule has 1 heterocycles. The zero-order valence-corrected chi connectivity index (χ0v) is 13.2. The Morgan fingerprint density at radius 3 is 2.43 bits per heavy atom. The maximum atomic E-state index is 11.5. The van der Waals surface area contributed by atoms with Crippen LogP contribution in [0.3, 0.4) is 0 Å². The fourth-order valence-electron chi connectivity index (χ4n) is 2.81. The maximum absolute atomic E-state index is 11.5. The number of benzene rings is 2. The molecule has 0 amide bonds. The van der Waals surface area contributed by atoms with Crippen molar-refractivity contribution in [3.05, 3.63) is 77.5 Å². The molecule has 1 aromatic heterocycles. The number of aromatic carboxylic acids is 1. The normalized spacial score (nSPS) is 10.7. The molecule has 0 aliphatic heterocycles. The zero-order valence-electron chi connectivity index (χ0n) is 13.2. The summed E-state index contributed by atoms with van der Waals surface area (Å²) in [5.74, 6) is -0.908. The van der Waals surface area contributed by atoms with E-state index in [1.807, 2.05) is 49.1 Å². The van der Waals surface area contributed by atoms with Gasteiger partial charge in [0.25, 0.3) is 0 Å². The summed E-state index contributed by atoms with van der Waals surface area (Å²) in [6.45, 7) is 0. The molecule has 116 valence electrons. The van der Waals surface area contributed by atoms with Gasteiger partial charge in [0.2, 0.25) is 5.69 Å². The van der Waals surface area contributed by atoms with Crippen LogP contribution in [0.1, 0.15) is 21.6 Å². The lowest BCUT2D eigenvalue weighted by molar-refractivity contribution is -0.741. The molecule has 0 spiro atoms. The number of hydrogen-bond acceptors (Lipinski definition) is 1. The predicted octanol–water partition coefficient (Wildman–Crippen LogP) is 2.81. The van der Waals surface area contributed by atoms with Crippen LogP contribution in [0.25, 0.3) is 11.3 Å². The Bertz CT molecular complexity index is 851. The standard InChI is InChI=1S/C19H18N2O2/c1-20-15(12-14-8-4-3-5-9-14)13-18(21(20)2)16-10-6-7-11-17(16)19(22)23/h3-11,13H,12H2,1-2H3/p+1. The highest BCUT2D eigenvalue weighted by atomic mass is 16.4. The third-order valence-corrected chi connectivity index (χ3v) is 4.18. The van der Waals surface area contributed by atoms with E-state index in [9.17, 15) is 9.90 Å². The van der Waals surface area contributed by atoms with E-state index in [0.717, 1.165) is 23.4 Å². The van der Waals surface area contributed by atoms with Gasteiger partial charge in [-0.3, -0.25) is 0 Å². The second kappa shape index (κ2) is 6.08. The first-order chi connectivity index (χ1) is 11.1. The molecule has 0 bridgehead atoms. The largest absolute Gasteiger partial charge is 0.478 e. The van der Waals surface area contributed by atoms with Crippen molar-refractivity contribution in [1.29, 1.82) is 0 Å². The molecule has 0 saturated heterocycles. The van der Waals surface area contributed by atoms with Gasteiger partial charge in [0, 0.05) is 12.5 Å². The number of carbonyl (C=O) groups is 1. The Morgan fingerprint density at radius 2 is 1.74 bits per heavy atom. The van der Waals surface area contributed by atoms with E-state index in [-0.39, 0.29) is 0 Å². The molecule has 2 aromatic carbocycles. The molecule has 0 unspecified atom stereocenters. The molecule has 4 nitrogen and oxygen atoms in total. The van der Waals surface area contributed by atoms with Crippen LogP contribution in [0.2, 0.25) is 0 Å². The summed E-state index contributed by atoms with van der Waals surface area (Å²) in [5.41, 5.74) is 4.31. The van der Waals surface area contributed by atoms with E-state index in [1.165, 1.54) is 5.56 Å². The second-order valence-corrected chi connectivity index (χ2v) is 5.58. The lowest BCUT2D eigenvalue weighted by atomic mass is 10.0. The van der Waals surface area contributed by atoms with Gasteiger partial charge in [-0.2, -0.15) is 4.68 Å². The minimum Gasteiger partial charge on any atom is -0.478 e. The summed E-state index contributed by atoms with van der Waals surface area (Å²) >= 11 is 0. The maximum Gasteiger partial charge on any atom is 0.336 e. The highest BCUT2D eigenvalue weighted by Crippen LogP contribution is 2.23. The third kappa shape index (κ3) is 2.88. The van der Waals surface area contributed by atoms with Gasteiger partial charge in [0.15, 0.2) is 7.05 Å². The van der Waals surface area contributed by atoms with Crippen molar-refractivity contribution in [3.63, 3.8) is 0 Å². The van der Waals surface area contributed by atoms with Crippen LogP contribution in [0, 0.1) is 0 Å². The zero-order chi connectivity index (χ0) is 16.4. The lowest BCUT2D eigenvalue weighted by Gasteiger charge is -2.01. The number of carboxylic acids is 1. The molecule has 0 radical (unpaired) electrons. The fourth-order valence-corrected chi connectivity index (χ4v) is 2.81. The van der Waals surface area contributed by atoms with Gasteiger partial charge in [0.1, 0.15) is 0 Å². The van der Waals surface area contributed by atoms with Gasteiger partial charge in [-0.05, 0) is 17.7 Å². The van der Waals surface area contributed by atoms with Crippen molar-refractivity contribution in [2.75, 3.05) is 0 Å². The summed E-state index contributed by atoms with van der Waals surface area (Å²) in [7, 11) is 3.94. The molecule has 1 N–H and O–H groups in total. The van der Waals surface area contributed by atoms with Gasteiger partial charge >= 0.3 is 5.97 Å². The molecule has 0 fully saturated rings. The van der Waals surface area contributed by atoms with Crippen molar-refractivity contribution in [2.45, 2.75) is 6.42 Å². The van der Waals surface area contributed by atoms with Gasteiger partial charge in [-0.15, -0.1) is 4.68 Å². The molecular weight excluding hydrogens is 288 g/mol. The van der Waals surface area contributed by atoms with Crippen molar-refractivity contribution in [3.8, 4) is 11.3 Å². The topological polar surface area (TPSA) is 46.1 Å². The molecule has 23 heavy (non-hydrogen) atoms. The fraction of sp³-hybridized carbons (Fsp3) is 0.158. The van der Waals surface area contributed by atoms with Crippen LogP contribution in [0.15, 0.2) is 60.7 Å². The molecule has 0 saturated carbocycles. The average Bonchev–Trinajstić information content (AvgIpc) is 2.84. The van der Waals surface area contributed by atoms with Crippen LogP contribution in [0.4, 0.5) is 0 Å². The van der Waals surface area contributed by atoms with Crippen molar-refractivity contribution in [2.24, 2.45) is 14.1 Å². The van der Waals surface area contributed by atoms with E-state index in [2.05, 4.69) is 22.9 Å². The molecule has 3 aromatic rings. The quantitative estimate of drug-likeness (QED) is 0.753. The first kappa shape index (κ1) is 15.0. The van der Waals surface area contributed by atoms with E-state index in [1.54, 1.807) is 12.1 Å². The van der Waals surface area contributed by atoms with Crippen LogP contribution < -0.4 is 4.68 Å². The first-order valence-corrected chi connectivity index (χ1v) is 7.49. The average molecular weight is 307 g/mol. The minimum absolute atomic E-state index is 0.319. The highest BCUT2D eigenvalue weighted by Gasteiger charge is 2.23. The van der Waals surface area contributed by atoms with Crippen LogP contribution in [0.5, 0.6) is 0 Å². The minimum atomic E-state index is -0.908. The number of rotatable bonds is 4. The van der Waals surface area contributed by atoms with Crippen LogP contribution in [-0.4, -0.2) is 15.8 Å². The monoisotopic (exact) mass is 307 g/mol. The number of carboxylic acid groups (broad SMARTS) is 1. The summed E-state index contributed by atoms with van der Waals surface area (Å²) in [5, 5.41) is 9.41. The van der Waals surface area contributed by atoms with Crippen molar-refractivity contribution in [1.82, 2.24) is 4.68 Å². The van der Waals surface area contributed by atoms with E-state index >= 15 is 0 Å². The van der Waals surface area contributed by atoms with Gasteiger partial charge in [0.05, 0.1) is 23.9 Å². The Morgan fingerprint density at radius 1 is 1.09 bits per heavy atom. The Kier molecular flexibility index (Phi) is 3.98. The Balaban J connectivity index is 2.06. The summed E-state index contributed by atoms with van der Waals surface area (Å²) in [6.07, 6.45) is 0.806. The number of nitrogens with zero attached hydrogens (tertiary/aromatic N) is 2. The predicted molar refractivity (Wildman–Crippen MR) is 88.2 cm³/mol. The molecular formula is C19H19N2O2+. The van der Waals surface area contributed by atoms with E-state index in [4.69, 9.17) is 0 Å². The highest BCUT2D eigenvalue weighted by molar-refractivity contribution is 5.95. The number of aromatic nitrogens is 2. The van der Waals surface area contributed by atoms with Gasteiger partial charge < -0.3 is 5.11 Å². The Labute approximate surface area is 135 Å². The Hall–Kier alpha value is -2.88. The van der Waals surface area contributed by atoms with Crippen LogP contribution in [-0.2, 0) is 20.5 Å². The SMILES string of the molecule is Cn1c(Cc2ccccc2)cc(-c2ccccc2C(=O)O)[n+]1C. The molecule has 0 aliphatic rings. The molecule has 4 heteroatoms. The van der Waals surface area contributed by atoms with Crippen LogP contribution >= 0.6 is 0 Å². The van der Waals surface area contributed by atoms with E-state index < -0.39 is 5.97 Å². The van der Waals surface area contributed by atoms with Gasteiger partial charge in [-0.1, -0.05) is 42.5 Å². The van der Waals surface area contributed by atoms with Crippen molar-refractivity contribution >= 4 is 5.97 Å². The second-order valence-electron chi connectivity index (χ2n) is 5.58. The smallest absolute Gasteiger partial charge is 0.336 e. The third-order valence-electron chi connectivity index (χ3n) is 4.18. The van der Waals surface area contributed by atoms with Gasteiger partial charge in [-0.25, -0.2) is 4.79 Å². The number of hydrogen-bond donors (Lipinski definition) is 1. The summed E-state index contributed by atoms with van der Waals surface area (Å²) < 4.78 is 4.04. The lowest BCUT2D eigenvalue weighted by Crippen LogP contribution is -2.39. The summed E-state index contributed by atoms with van der Waals surface area (Å²) in [4.78, 5) is 11.5. The summed E-state index contributed by atoms with van der Waals surface area (Å²) in [6, 6.07) is 19.4. The van der Waals surface area contributed by atoms with Crippen molar-refractivity contribution < 1.29 is 14.6 Å². The van der Waals surface area contributed by atoms with E-state index in [0.29, 0.717) is 5.56 Å².